The van der Waals surface area contributed by atoms with Crippen molar-refractivity contribution in [2.45, 2.75) is 52.4 Å². The first kappa shape index (κ1) is 25.5. The lowest BCUT2D eigenvalue weighted by Gasteiger charge is -2.27. The fourth-order valence-corrected chi connectivity index (χ4v) is 4.90. The summed E-state index contributed by atoms with van der Waals surface area (Å²) in [5.41, 5.74) is 7.46. The fraction of sp³-hybridized carbons (Fsp3) is 0.229. The van der Waals surface area contributed by atoms with E-state index in [0.717, 1.165) is 45.2 Å². The predicted octanol–water partition coefficient (Wildman–Crippen LogP) is 9.17. The lowest BCUT2D eigenvalue weighted by molar-refractivity contribution is 0.446. The molecule has 0 saturated heterocycles. The summed E-state index contributed by atoms with van der Waals surface area (Å²) in [5.74, 6) is 1.01. The van der Waals surface area contributed by atoms with Crippen molar-refractivity contribution >= 4 is 0 Å². The molecule has 0 atom stereocenters. The zero-order valence-electron chi connectivity index (χ0n) is 23.2. The normalized spacial score (nSPS) is 12.1. The molecule has 3 heteroatoms. The average Bonchev–Trinajstić information content (AvgIpc) is 3.29. The minimum atomic E-state index is -0.241. The molecular formula is C35H36N2O. The summed E-state index contributed by atoms with van der Waals surface area (Å²) in [6, 6.07) is 35.3. The minimum Gasteiger partial charge on any atom is -0.507 e. The molecule has 1 heterocycles. The number of rotatable bonds is 4. The second-order valence-electron chi connectivity index (χ2n) is 12.0. The Kier molecular flexibility index (Phi) is 6.48. The van der Waals surface area contributed by atoms with Gasteiger partial charge in [-0.05, 0) is 34.6 Å². The van der Waals surface area contributed by atoms with Crippen molar-refractivity contribution < 1.29 is 5.11 Å². The molecule has 192 valence electrons. The Morgan fingerprint density at radius 3 is 1.68 bits per heavy atom. The van der Waals surface area contributed by atoms with E-state index in [1.54, 1.807) is 0 Å². The first-order chi connectivity index (χ1) is 18.1. The van der Waals surface area contributed by atoms with E-state index < -0.39 is 0 Å². The minimum absolute atomic E-state index is 0.100. The van der Waals surface area contributed by atoms with Gasteiger partial charge in [-0.3, -0.25) is 4.57 Å². The van der Waals surface area contributed by atoms with Crippen LogP contribution in [-0.2, 0) is 10.8 Å². The SMILES string of the molecule is CC(C)(C)c1cc(-c2nc(-c3ccccc3)c(-c3ccccc3)n2-c2ccccc2)c(O)c(C(C)(C)C)c1. The zero-order valence-corrected chi connectivity index (χ0v) is 23.2. The van der Waals surface area contributed by atoms with Crippen molar-refractivity contribution in [3.05, 3.63) is 114 Å². The maximum Gasteiger partial charge on any atom is 0.149 e. The van der Waals surface area contributed by atoms with E-state index in [1.807, 2.05) is 42.5 Å². The van der Waals surface area contributed by atoms with Gasteiger partial charge in [0.25, 0.3) is 0 Å². The maximum absolute atomic E-state index is 11.8. The van der Waals surface area contributed by atoms with Gasteiger partial charge in [-0.15, -0.1) is 0 Å². The van der Waals surface area contributed by atoms with Crippen LogP contribution in [0.5, 0.6) is 5.75 Å². The van der Waals surface area contributed by atoms with Crippen LogP contribution in [-0.4, -0.2) is 14.7 Å². The Morgan fingerprint density at radius 1 is 0.632 bits per heavy atom. The van der Waals surface area contributed by atoms with E-state index in [1.165, 1.54) is 5.56 Å². The molecule has 0 amide bonds. The standard InChI is InChI=1S/C35H36N2O/c1-34(2,3)26-22-28(32(38)29(23-26)35(4,5)6)33-36-30(24-16-10-7-11-17-24)31(25-18-12-8-13-19-25)37(33)27-20-14-9-15-21-27/h7-23,38H,1-6H3. The molecule has 0 aliphatic heterocycles. The summed E-state index contributed by atoms with van der Waals surface area (Å²) in [4.78, 5) is 5.31. The van der Waals surface area contributed by atoms with E-state index >= 15 is 0 Å². The van der Waals surface area contributed by atoms with Crippen molar-refractivity contribution in [1.82, 2.24) is 9.55 Å². The number of hydrogen-bond donors (Lipinski definition) is 1. The van der Waals surface area contributed by atoms with Crippen molar-refractivity contribution in [1.29, 1.82) is 0 Å². The van der Waals surface area contributed by atoms with Crippen LogP contribution in [0, 0.1) is 0 Å². The number of para-hydroxylation sites is 1. The Hall–Kier alpha value is -4.11. The third-order valence-corrected chi connectivity index (χ3v) is 7.01. The summed E-state index contributed by atoms with van der Waals surface area (Å²) in [6.45, 7) is 13.1. The van der Waals surface area contributed by atoms with Gasteiger partial charge in [0.1, 0.15) is 11.6 Å². The van der Waals surface area contributed by atoms with E-state index in [-0.39, 0.29) is 16.6 Å². The van der Waals surface area contributed by atoms with E-state index in [9.17, 15) is 5.11 Å². The summed E-state index contributed by atoms with van der Waals surface area (Å²) in [7, 11) is 0. The first-order valence-electron chi connectivity index (χ1n) is 13.2. The van der Waals surface area contributed by atoms with Gasteiger partial charge in [0.2, 0.25) is 0 Å². The Morgan fingerprint density at radius 2 is 1.16 bits per heavy atom. The van der Waals surface area contributed by atoms with Crippen molar-refractivity contribution in [3.63, 3.8) is 0 Å². The molecule has 5 rings (SSSR count). The quantitative estimate of drug-likeness (QED) is 0.267. The lowest BCUT2D eigenvalue weighted by Crippen LogP contribution is -2.17. The molecule has 5 aromatic rings. The van der Waals surface area contributed by atoms with E-state index in [4.69, 9.17) is 4.98 Å². The number of nitrogens with zero attached hydrogens (tertiary/aromatic N) is 2. The van der Waals surface area contributed by atoms with Crippen molar-refractivity contribution in [2.75, 3.05) is 0 Å². The van der Waals surface area contributed by atoms with Gasteiger partial charge in [0, 0.05) is 22.4 Å². The number of benzene rings is 4. The van der Waals surface area contributed by atoms with Crippen LogP contribution in [0.4, 0.5) is 0 Å². The van der Waals surface area contributed by atoms with Crippen LogP contribution >= 0.6 is 0 Å². The highest BCUT2D eigenvalue weighted by atomic mass is 16.3. The fourth-order valence-electron chi connectivity index (χ4n) is 4.90. The molecule has 0 aliphatic carbocycles. The third-order valence-electron chi connectivity index (χ3n) is 7.01. The molecule has 4 aromatic carbocycles. The number of aromatic nitrogens is 2. The molecule has 38 heavy (non-hydrogen) atoms. The summed E-state index contributed by atoms with van der Waals surface area (Å²) in [6.07, 6.45) is 0. The Bertz CT molecular complexity index is 1550. The molecule has 0 aliphatic rings. The molecule has 0 unspecified atom stereocenters. The highest BCUT2D eigenvalue weighted by Gasteiger charge is 2.29. The van der Waals surface area contributed by atoms with Gasteiger partial charge in [-0.25, -0.2) is 4.98 Å². The topological polar surface area (TPSA) is 38.0 Å². The predicted molar refractivity (Wildman–Crippen MR) is 159 cm³/mol. The molecule has 3 nitrogen and oxygen atoms in total. The second-order valence-corrected chi connectivity index (χ2v) is 12.0. The largest absolute Gasteiger partial charge is 0.507 e. The zero-order chi connectivity index (χ0) is 27.1. The highest BCUT2D eigenvalue weighted by molar-refractivity contribution is 5.85. The van der Waals surface area contributed by atoms with Gasteiger partial charge in [0.15, 0.2) is 0 Å². The summed E-state index contributed by atoms with van der Waals surface area (Å²) in [5, 5.41) is 11.8. The lowest BCUT2D eigenvalue weighted by atomic mass is 9.79. The molecule has 0 radical (unpaired) electrons. The molecule has 1 N–H and O–H groups in total. The highest BCUT2D eigenvalue weighted by Crippen LogP contribution is 2.45. The summed E-state index contributed by atoms with van der Waals surface area (Å²) < 4.78 is 2.20. The first-order valence-corrected chi connectivity index (χ1v) is 13.2. The summed E-state index contributed by atoms with van der Waals surface area (Å²) >= 11 is 0. The number of hydrogen-bond acceptors (Lipinski definition) is 2. The van der Waals surface area contributed by atoms with Gasteiger partial charge in [0.05, 0.1) is 17.0 Å². The average molecular weight is 501 g/mol. The number of phenolic OH excluding ortho intramolecular Hbond substituents is 1. The molecule has 0 saturated carbocycles. The van der Waals surface area contributed by atoms with Gasteiger partial charge in [-0.1, -0.05) is 126 Å². The van der Waals surface area contributed by atoms with E-state index in [0.29, 0.717) is 0 Å². The van der Waals surface area contributed by atoms with Crippen LogP contribution in [0.15, 0.2) is 103 Å². The third kappa shape index (κ3) is 4.77. The number of aromatic hydroxyl groups is 1. The van der Waals surface area contributed by atoms with Crippen LogP contribution in [0.25, 0.3) is 39.6 Å². The van der Waals surface area contributed by atoms with Gasteiger partial charge >= 0.3 is 0 Å². The molecule has 1 aromatic heterocycles. The maximum atomic E-state index is 11.8. The second kappa shape index (κ2) is 9.64. The van der Waals surface area contributed by atoms with Crippen LogP contribution in [0.3, 0.4) is 0 Å². The van der Waals surface area contributed by atoms with Crippen LogP contribution < -0.4 is 0 Å². The Balaban J connectivity index is 1.95. The van der Waals surface area contributed by atoms with Gasteiger partial charge in [-0.2, -0.15) is 0 Å². The van der Waals surface area contributed by atoms with Gasteiger partial charge < -0.3 is 5.11 Å². The molecule has 0 spiro atoms. The monoisotopic (exact) mass is 500 g/mol. The van der Waals surface area contributed by atoms with Crippen LogP contribution in [0.1, 0.15) is 52.7 Å². The molecule has 0 bridgehead atoms. The Labute approximate surface area is 226 Å². The molecular weight excluding hydrogens is 464 g/mol. The number of imidazole rings is 1. The van der Waals surface area contributed by atoms with E-state index in [2.05, 4.69) is 107 Å². The van der Waals surface area contributed by atoms with Crippen LogP contribution in [0.2, 0.25) is 0 Å². The smallest absolute Gasteiger partial charge is 0.149 e. The molecule has 0 fully saturated rings. The van der Waals surface area contributed by atoms with Crippen molar-refractivity contribution in [3.8, 4) is 45.3 Å². The van der Waals surface area contributed by atoms with Crippen molar-refractivity contribution in [2.24, 2.45) is 0 Å². The number of phenols is 1.